The zero-order valence-electron chi connectivity index (χ0n) is 10.5. The highest BCUT2D eigenvalue weighted by Crippen LogP contribution is 2.43. The van der Waals surface area contributed by atoms with E-state index in [1.54, 1.807) is 0 Å². The molecular weight excluding hydrogens is 208 g/mol. The minimum atomic E-state index is 0.399. The van der Waals surface area contributed by atoms with Gasteiger partial charge in [0.15, 0.2) is 0 Å². The molecule has 0 amide bonds. The minimum Gasteiger partial charge on any atom is -0.330 e. The maximum atomic E-state index is 8.93. The molecule has 0 spiro atoms. The molecule has 2 N–H and O–H groups in total. The Balaban J connectivity index is 2.21. The van der Waals surface area contributed by atoms with Crippen LogP contribution < -0.4 is 5.73 Å². The Morgan fingerprint density at radius 3 is 2.76 bits per heavy atom. The van der Waals surface area contributed by atoms with Crippen molar-refractivity contribution in [3.05, 3.63) is 34.9 Å². The van der Waals surface area contributed by atoms with Gasteiger partial charge in [-0.25, -0.2) is 0 Å². The van der Waals surface area contributed by atoms with Gasteiger partial charge >= 0.3 is 0 Å². The van der Waals surface area contributed by atoms with Crippen molar-refractivity contribution in [2.45, 2.75) is 39.0 Å². The lowest BCUT2D eigenvalue weighted by molar-refractivity contribution is 0.262. The van der Waals surface area contributed by atoms with E-state index in [1.165, 1.54) is 24.0 Å². The fourth-order valence-corrected chi connectivity index (χ4v) is 2.98. The molecule has 1 atom stereocenters. The average Bonchev–Trinajstić information content (AvgIpc) is 2.74. The molecule has 1 aliphatic rings. The lowest BCUT2D eigenvalue weighted by Gasteiger charge is -2.27. The third-order valence-corrected chi connectivity index (χ3v) is 4.13. The normalized spacial score (nSPS) is 22.2. The summed E-state index contributed by atoms with van der Waals surface area (Å²) in [5, 5.41) is 8.93. The lowest BCUT2D eigenvalue weighted by Crippen LogP contribution is -2.21. The van der Waals surface area contributed by atoms with Crippen molar-refractivity contribution in [3.8, 4) is 6.07 Å². The molecule has 1 aliphatic carbocycles. The van der Waals surface area contributed by atoms with Crippen LogP contribution in [0.25, 0.3) is 0 Å². The number of rotatable bonds is 4. The van der Waals surface area contributed by atoms with Gasteiger partial charge in [-0.05, 0) is 67.3 Å². The first-order valence-electron chi connectivity index (χ1n) is 6.45. The quantitative estimate of drug-likeness (QED) is 0.861. The molecule has 17 heavy (non-hydrogen) atoms. The number of benzene rings is 1. The van der Waals surface area contributed by atoms with Crippen LogP contribution >= 0.6 is 0 Å². The van der Waals surface area contributed by atoms with Crippen LogP contribution in [0, 0.1) is 16.7 Å². The molecule has 2 nitrogen and oxygen atoms in total. The first-order chi connectivity index (χ1) is 8.23. The Kier molecular flexibility index (Phi) is 3.49. The number of nitrogens with two attached hydrogens (primary N) is 1. The molecule has 0 aliphatic heterocycles. The van der Waals surface area contributed by atoms with E-state index in [1.807, 2.05) is 6.07 Å². The number of fused-ring (bicyclic) bond motifs is 1. The van der Waals surface area contributed by atoms with Crippen molar-refractivity contribution in [3.63, 3.8) is 0 Å². The number of nitriles is 1. The van der Waals surface area contributed by atoms with Crippen LogP contribution in [0.2, 0.25) is 0 Å². The highest BCUT2D eigenvalue weighted by atomic mass is 14.5. The monoisotopic (exact) mass is 228 g/mol. The Morgan fingerprint density at radius 1 is 1.35 bits per heavy atom. The molecule has 1 aromatic carbocycles. The maximum Gasteiger partial charge on any atom is 0.0991 e. The van der Waals surface area contributed by atoms with Crippen LogP contribution in [-0.4, -0.2) is 6.54 Å². The lowest BCUT2D eigenvalue weighted by atomic mass is 9.78. The molecule has 90 valence electrons. The second kappa shape index (κ2) is 4.89. The number of nitrogens with zero attached hydrogens (tertiary/aromatic N) is 1. The predicted molar refractivity (Wildman–Crippen MR) is 69.6 cm³/mol. The van der Waals surface area contributed by atoms with E-state index in [4.69, 9.17) is 11.0 Å². The zero-order chi connectivity index (χ0) is 12.3. The summed E-state index contributed by atoms with van der Waals surface area (Å²) in [7, 11) is 0. The van der Waals surface area contributed by atoms with Gasteiger partial charge in [0, 0.05) is 0 Å². The Bertz CT molecular complexity index is 445. The molecule has 1 aromatic rings. The molecule has 0 saturated carbocycles. The van der Waals surface area contributed by atoms with Gasteiger partial charge in [-0.2, -0.15) is 5.26 Å². The zero-order valence-corrected chi connectivity index (χ0v) is 10.5. The van der Waals surface area contributed by atoms with Gasteiger partial charge in [0.1, 0.15) is 0 Å². The molecule has 0 aromatic heterocycles. The van der Waals surface area contributed by atoms with Crippen molar-refractivity contribution >= 4 is 0 Å². The fourth-order valence-electron chi connectivity index (χ4n) is 2.98. The van der Waals surface area contributed by atoms with E-state index in [0.717, 1.165) is 31.4 Å². The van der Waals surface area contributed by atoms with Gasteiger partial charge in [-0.3, -0.25) is 0 Å². The van der Waals surface area contributed by atoms with Gasteiger partial charge in [-0.1, -0.05) is 13.0 Å². The Labute approximate surface area is 103 Å². The first-order valence-corrected chi connectivity index (χ1v) is 6.45. The highest BCUT2D eigenvalue weighted by molar-refractivity contribution is 5.42. The summed E-state index contributed by atoms with van der Waals surface area (Å²) in [6.07, 6.45) is 5.78. The number of hydrogen-bond acceptors (Lipinski definition) is 2. The van der Waals surface area contributed by atoms with Gasteiger partial charge in [0.2, 0.25) is 0 Å². The summed E-state index contributed by atoms with van der Waals surface area (Å²) in [5.74, 6) is 0. The summed E-state index contributed by atoms with van der Waals surface area (Å²) in [5.41, 5.74) is 9.62. The molecular formula is C15H20N2. The third-order valence-electron chi connectivity index (χ3n) is 4.13. The van der Waals surface area contributed by atoms with Crippen LogP contribution in [0.15, 0.2) is 18.2 Å². The van der Waals surface area contributed by atoms with Crippen LogP contribution in [0.4, 0.5) is 0 Å². The highest BCUT2D eigenvalue weighted by Gasteiger charge is 2.34. The van der Waals surface area contributed by atoms with Gasteiger partial charge in [-0.15, -0.1) is 0 Å². The average molecular weight is 228 g/mol. The molecule has 2 heteroatoms. The summed E-state index contributed by atoms with van der Waals surface area (Å²) in [6, 6.07) is 8.36. The maximum absolute atomic E-state index is 8.93. The van der Waals surface area contributed by atoms with Crippen LogP contribution in [-0.2, 0) is 12.8 Å². The molecule has 0 bridgehead atoms. The van der Waals surface area contributed by atoms with Crippen LogP contribution in [0.5, 0.6) is 0 Å². The molecule has 0 saturated heterocycles. The topological polar surface area (TPSA) is 49.8 Å². The van der Waals surface area contributed by atoms with Gasteiger partial charge < -0.3 is 5.73 Å². The minimum absolute atomic E-state index is 0.399. The second-order valence-corrected chi connectivity index (χ2v) is 5.19. The van der Waals surface area contributed by atoms with E-state index in [0.29, 0.717) is 5.41 Å². The fraction of sp³-hybridized carbons (Fsp3) is 0.533. The predicted octanol–water partition coefficient (Wildman–Crippen LogP) is 2.79. The Morgan fingerprint density at radius 2 is 2.12 bits per heavy atom. The van der Waals surface area contributed by atoms with E-state index in [-0.39, 0.29) is 0 Å². The Hall–Kier alpha value is -1.33. The van der Waals surface area contributed by atoms with Crippen molar-refractivity contribution in [2.24, 2.45) is 11.1 Å². The van der Waals surface area contributed by atoms with Crippen molar-refractivity contribution in [1.82, 2.24) is 0 Å². The third kappa shape index (κ3) is 2.35. The summed E-state index contributed by atoms with van der Waals surface area (Å²) in [6.45, 7) is 3.05. The van der Waals surface area contributed by atoms with Gasteiger partial charge in [0.05, 0.1) is 11.6 Å². The van der Waals surface area contributed by atoms with Crippen molar-refractivity contribution in [2.75, 3.05) is 6.54 Å². The molecule has 0 heterocycles. The van der Waals surface area contributed by atoms with E-state index in [2.05, 4.69) is 25.1 Å². The molecule has 0 radical (unpaired) electrons. The van der Waals surface area contributed by atoms with Crippen molar-refractivity contribution < 1.29 is 0 Å². The van der Waals surface area contributed by atoms with E-state index >= 15 is 0 Å². The van der Waals surface area contributed by atoms with E-state index < -0.39 is 0 Å². The first kappa shape index (κ1) is 12.1. The van der Waals surface area contributed by atoms with Gasteiger partial charge in [0.25, 0.3) is 0 Å². The molecule has 0 fully saturated rings. The molecule has 2 rings (SSSR count). The second-order valence-electron chi connectivity index (χ2n) is 5.19. The summed E-state index contributed by atoms with van der Waals surface area (Å²) < 4.78 is 0. The standard InChI is InChI=1S/C15H20N2/c1-2-15(6-3-7-16)9-13-5-4-12(11-17)8-14(13)10-15/h4-5,8H,2-3,6-7,9-10,16H2,1H3/t15-/m1/s1. The van der Waals surface area contributed by atoms with Crippen LogP contribution in [0.1, 0.15) is 42.9 Å². The molecule has 0 unspecified atom stereocenters. The SMILES string of the molecule is CC[C@@]1(CCCN)Cc2ccc(C#N)cc2C1. The smallest absolute Gasteiger partial charge is 0.0991 e. The largest absolute Gasteiger partial charge is 0.330 e. The summed E-state index contributed by atoms with van der Waals surface area (Å²) >= 11 is 0. The summed E-state index contributed by atoms with van der Waals surface area (Å²) in [4.78, 5) is 0. The number of hydrogen-bond donors (Lipinski definition) is 1. The van der Waals surface area contributed by atoms with Crippen LogP contribution in [0.3, 0.4) is 0 Å². The van der Waals surface area contributed by atoms with E-state index in [9.17, 15) is 0 Å². The van der Waals surface area contributed by atoms with Crippen molar-refractivity contribution in [1.29, 1.82) is 5.26 Å².